The molecule has 1 N–H and O–H groups in total. The van der Waals surface area contributed by atoms with Crippen molar-refractivity contribution in [2.75, 3.05) is 0 Å². The van der Waals surface area contributed by atoms with Crippen LogP contribution in [-0.4, -0.2) is 5.11 Å². The Morgan fingerprint density at radius 2 is 1.76 bits per heavy atom. The molecule has 1 spiro atoms. The van der Waals surface area contributed by atoms with Crippen LogP contribution >= 0.6 is 0 Å². The van der Waals surface area contributed by atoms with Crippen LogP contribution in [0.3, 0.4) is 0 Å². The summed E-state index contributed by atoms with van der Waals surface area (Å²) in [6, 6.07) is 14.5. The Hall–Kier alpha value is -2.28. The molecule has 2 atom stereocenters. The van der Waals surface area contributed by atoms with Crippen molar-refractivity contribution in [3.8, 4) is 5.75 Å². The molecule has 0 aliphatic heterocycles. The average molecular weight is 272 g/mol. The Bertz CT molecular complexity index is 951. The highest BCUT2D eigenvalue weighted by Gasteiger charge is 2.53. The second-order valence-electron chi connectivity index (χ2n) is 6.57. The number of aromatic hydroxyl groups is 1. The Kier molecular flexibility index (Phi) is 1.89. The number of hydrogen-bond acceptors (Lipinski definition) is 1. The number of fused-ring (bicyclic) bond motifs is 6. The van der Waals surface area contributed by atoms with E-state index in [4.69, 9.17) is 0 Å². The third-order valence-corrected chi connectivity index (χ3v) is 5.46. The molecule has 5 rings (SSSR count). The first-order chi connectivity index (χ1) is 10.2. The molecule has 1 nitrogen and oxygen atoms in total. The lowest BCUT2D eigenvalue weighted by atomic mass is 9.91. The third kappa shape index (κ3) is 1.31. The van der Waals surface area contributed by atoms with Gasteiger partial charge in [0.15, 0.2) is 0 Å². The zero-order valence-corrected chi connectivity index (χ0v) is 11.9. The molecule has 3 aromatic rings. The fraction of sp³-hybridized carbons (Fsp3) is 0.200. The van der Waals surface area contributed by atoms with Crippen LogP contribution in [-0.2, 0) is 5.41 Å². The van der Waals surface area contributed by atoms with E-state index in [-0.39, 0.29) is 0 Å². The van der Waals surface area contributed by atoms with Gasteiger partial charge in [0.05, 0.1) is 0 Å². The van der Waals surface area contributed by atoms with Gasteiger partial charge < -0.3 is 5.11 Å². The van der Waals surface area contributed by atoms with Gasteiger partial charge in [0, 0.05) is 5.41 Å². The highest BCUT2D eigenvalue weighted by Crippen LogP contribution is 2.60. The molecule has 0 heterocycles. The largest absolute Gasteiger partial charge is 0.508 e. The van der Waals surface area contributed by atoms with Gasteiger partial charge in [-0.1, -0.05) is 49.4 Å². The number of rotatable bonds is 0. The van der Waals surface area contributed by atoms with Gasteiger partial charge in [-0.15, -0.1) is 0 Å². The summed E-state index contributed by atoms with van der Waals surface area (Å²) >= 11 is 0. The molecule has 2 aliphatic carbocycles. The lowest BCUT2D eigenvalue weighted by Gasteiger charge is -2.13. The van der Waals surface area contributed by atoms with Gasteiger partial charge in [0.25, 0.3) is 0 Å². The van der Waals surface area contributed by atoms with E-state index in [1.165, 1.54) is 33.7 Å². The monoisotopic (exact) mass is 272 g/mol. The molecule has 0 saturated heterocycles. The highest BCUT2D eigenvalue weighted by atomic mass is 16.3. The second-order valence-corrected chi connectivity index (χ2v) is 6.57. The van der Waals surface area contributed by atoms with E-state index in [1.54, 1.807) is 6.07 Å². The molecule has 21 heavy (non-hydrogen) atoms. The summed E-state index contributed by atoms with van der Waals surface area (Å²) in [6.07, 6.45) is 5.97. The van der Waals surface area contributed by atoms with Crippen molar-refractivity contribution in [2.45, 2.75) is 18.8 Å². The van der Waals surface area contributed by atoms with E-state index in [9.17, 15) is 5.11 Å². The number of allylic oxidation sites excluding steroid dienone is 1. The van der Waals surface area contributed by atoms with Crippen molar-refractivity contribution in [1.29, 1.82) is 0 Å². The summed E-state index contributed by atoms with van der Waals surface area (Å²) in [4.78, 5) is 0. The molecule has 3 aromatic carbocycles. The molecule has 0 aromatic heterocycles. The van der Waals surface area contributed by atoms with Crippen molar-refractivity contribution >= 4 is 27.6 Å². The lowest BCUT2D eigenvalue weighted by molar-refractivity contribution is 0.476. The topological polar surface area (TPSA) is 20.2 Å². The molecule has 102 valence electrons. The zero-order chi connectivity index (χ0) is 14.2. The van der Waals surface area contributed by atoms with Gasteiger partial charge in [-0.2, -0.15) is 0 Å². The quantitative estimate of drug-likeness (QED) is 0.571. The van der Waals surface area contributed by atoms with E-state index in [0.717, 1.165) is 11.3 Å². The Morgan fingerprint density at radius 1 is 1.00 bits per heavy atom. The minimum absolute atomic E-state index is 0.317. The van der Waals surface area contributed by atoms with Crippen LogP contribution in [0.1, 0.15) is 24.5 Å². The molecular weight excluding hydrogens is 256 g/mol. The summed E-state index contributed by atoms with van der Waals surface area (Å²) in [5.41, 5.74) is 3.18. The first-order valence-corrected chi connectivity index (χ1v) is 7.57. The summed E-state index contributed by atoms with van der Waals surface area (Å²) in [7, 11) is 0. The number of benzene rings is 3. The van der Waals surface area contributed by atoms with Crippen LogP contribution in [0.25, 0.3) is 27.6 Å². The van der Waals surface area contributed by atoms with Crippen LogP contribution in [0.2, 0.25) is 0 Å². The third-order valence-electron chi connectivity index (χ3n) is 5.46. The Morgan fingerprint density at radius 3 is 2.57 bits per heavy atom. The number of phenolic OH excluding ortho intramolecular Hbond substituents is 1. The standard InChI is InChI=1S/C20H16O/c1-12-11-20(12)9-8-17-15-5-3-13-2-4-14(21)10-18(13)16(15)6-7-19(17)20/h2-10,12,21H,11H2,1H3/t12-,20-/m1/s1. The molecule has 1 heteroatoms. The van der Waals surface area contributed by atoms with Crippen LogP contribution in [0, 0.1) is 5.92 Å². The van der Waals surface area contributed by atoms with E-state index < -0.39 is 0 Å². The van der Waals surface area contributed by atoms with Gasteiger partial charge in [-0.25, -0.2) is 0 Å². The molecule has 0 radical (unpaired) electrons. The predicted molar refractivity (Wildman–Crippen MR) is 87.6 cm³/mol. The summed E-state index contributed by atoms with van der Waals surface area (Å²) in [6.45, 7) is 2.34. The van der Waals surface area contributed by atoms with Gasteiger partial charge in [0.1, 0.15) is 5.75 Å². The van der Waals surface area contributed by atoms with E-state index in [0.29, 0.717) is 11.2 Å². The average Bonchev–Trinajstić information content (AvgIpc) is 2.99. The van der Waals surface area contributed by atoms with E-state index in [1.807, 2.05) is 12.1 Å². The maximum absolute atomic E-state index is 9.80. The van der Waals surface area contributed by atoms with Crippen LogP contribution in [0.5, 0.6) is 5.75 Å². The summed E-state index contributed by atoms with van der Waals surface area (Å²) in [5, 5.41) is 14.6. The van der Waals surface area contributed by atoms with E-state index >= 15 is 0 Å². The minimum atomic E-state index is 0.317. The smallest absolute Gasteiger partial charge is 0.116 e. The Balaban J connectivity index is 1.89. The molecule has 0 amide bonds. The van der Waals surface area contributed by atoms with Crippen molar-refractivity contribution in [3.63, 3.8) is 0 Å². The number of phenols is 1. The van der Waals surface area contributed by atoms with E-state index in [2.05, 4.69) is 43.3 Å². The molecule has 0 bridgehead atoms. The van der Waals surface area contributed by atoms with Crippen molar-refractivity contribution < 1.29 is 5.11 Å². The molecular formula is C20H16O. The van der Waals surface area contributed by atoms with Crippen molar-refractivity contribution in [2.24, 2.45) is 5.92 Å². The summed E-state index contributed by atoms with van der Waals surface area (Å²) < 4.78 is 0. The van der Waals surface area contributed by atoms with Crippen LogP contribution < -0.4 is 0 Å². The summed E-state index contributed by atoms with van der Waals surface area (Å²) in [5.74, 6) is 1.09. The maximum Gasteiger partial charge on any atom is 0.116 e. The lowest BCUT2D eigenvalue weighted by Crippen LogP contribution is -2.02. The highest BCUT2D eigenvalue weighted by molar-refractivity contribution is 6.11. The molecule has 1 fully saturated rings. The molecule has 0 unspecified atom stereocenters. The normalized spacial score (nSPS) is 25.9. The Labute approximate surface area is 123 Å². The predicted octanol–water partition coefficient (Wildman–Crippen LogP) is 5.00. The number of hydrogen-bond donors (Lipinski definition) is 1. The maximum atomic E-state index is 9.80. The molecule has 1 saturated carbocycles. The SMILES string of the molecule is C[C@@H]1C[C@]12C=Cc1c2ccc2c1ccc1ccc(O)cc12. The first-order valence-electron chi connectivity index (χ1n) is 7.57. The second kappa shape index (κ2) is 3.48. The zero-order valence-electron chi connectivity index (χ0n) is 11.9. The van der Waals surface area contributed by atoms with Crippen LogP contribution in [0.15, 0.2) is 48.5 Å². The molecule has 2 aliphatic rings. The minimum Gasteiger partial charge on any atom is -0.508 e. The first kappa shape index (κ1) is 11.4. The van der Waals surface area contributed by atoms with Crippen LogP contribution in [0.4, 0.5) is 0 Å². The van der Waals surface area contributed by atoms with Crippen molar-refractivity contribution in [1.82, 2.24) is 0 Å². The fourth-order valence-corrected chi connectivity index (χ4v) is 4.11. The van der Waals surface area contributed by atoms with Crippen molar-refractivity contribution in [3.05, 3.63) is 59.7 Å². The van der Waals surface area contributed by atoms with Gasteiger partial charge in [-0.05, 0) is 57.1 Å². The van der Waals surface area contributed by atoms with Gasteiger partial charge in [-0.3, -0.25) is 0 Å². The van der Waals surface area contributed by atoms with Gasteiger partial charge in [0.2, 0.25) is 0 Å². The fourth-order valence-electron chi connectivity index (χ4n) is 4.11. The van der Waals surface area contributed by atoms with Gasteiger partial charge >= 0.3 is 0 Å².